The Morgan fingerprint density at radius 1 is 1.21 bits per heavy atom. The molecule has 1 N–H and O–H groups in total. The van der Waals surface area contributed by atoms with Crippen LogP contribution in [0.3, 0.4) is 0 Å². The van der Waals surface area contributed by atoms with Crippen LogP contribution in [0.1, 0.15) is 15.9 Å². The quantitative estimate of drug-likeness (QED) is 0.780. The number of hydrogen-bond donors (Lipinski definition) is 1. The normalized spacial score (nSPS) is 10.3. The van der Waals surface area contributed by atoms with Crippen molar-refractivity contribution in [2.24, 2.45) is 0 Å². The van der Waals surface area contributed by atoms with Gasteiger partial charge in [0.25, 0.3) is 5.91 Å². The maximum absolute atomic E-state index is 13.2. The molecule has 2 aromatic rings. The molecule has 0 aliphatic heterocycles. The van der Waals surface area contributed by atoms with Crippen LogP contribution in [-0.2, 0) is 0 Å². The number of rotatable bonds is 2. The molecule has 98 valence electrons. The monoisotopic (exact) mass is 385 g/mol. The van der Waals surface area contributed by atoms with E-state index in [2.05, 4.69) is 37.2 Å². The van der Waals surface area contributed by atoms with Crippen molar-refractivity contribution in [3.8, 4) is 0 Å². The molecule has 2 aromatic carbocycles. The Labute approximate surface area is 127 Å². The van der Waals surface area contributed by atoms with Crippen molar-refractivity contribution in [3.63, 3.8) is 0 Å². The van der Waals surface area contributed by atoms with Gasteiger partial charge in [-0.05, 0) is 68.6 Å². The Balaban J connectivity index is 2.31. The van der Waals surface area contributed by atoms with Crippen molar-refractivity contribution in [1.82, 2.24) is 0 Å². The number of nitrogens with one attached hydrogen (secondary N) is 1. The zero-order valence-electron chi connectivity index (χ0n) is 10.0. The lowest BCUT2D eigenvalue weighted by Gasteiger charge is -2.10. The second-order valence-electron chi connectivity index (χ2n) is 4.01. The first-order chi connectivity index (χ1) is 8.99. The van der Waals surface area contributed by atoms with Crippen LogP contribution in [-0.4, -0.2) is 5.91 Å². The Hall–Kier alpha value is -1.20. The van der Waals surface area contributed by atoms with Gasteiger partial charge in [0.1, 0.15) is 5.82 Å². The van der Waals surface area contributed by atoms with Crippen molar-refractivity contribution in [2.45, 2.75) is 6.92 Å². The molecule has 2 nitrogen and oxygen atoms in total. The van der Waals surface area contributed by atoms with E-state index in [0.717, 1.165) is 10.0 Å². The average molecular weight is 387 g/mol. The fraction of sp³-hybridized carbons (Fsp3) is 0.0714. The van der Waals surface area contributed by atoms with E-state index in [-0.39, 0.29) is 5.91 Å². The highest BCUT2D eigenvalue weighted by atomic mass is 79.9. The lowest BCUT2D eigenvalue weighted by Crippen LogP contribution is -2.13. The summed E-state index contributed by atoms with van der Waals surface area (Å²) in [5.41, 5.74) is 1.88. The minimum absolute atomic E-state index is 0.290. The van der Waals surface area contributed by atoms with Crippen LogP contribution < -0.4 is 5.32 Å². The van der Waals surface area contributed by atoms with E-state index < -0.39 is 5.82 Å². The maximum atomic E-state index is 13.2. The molecule has 0 spiro atoms. The van der Waals surface area contributed by atoms with Gasteiger partial charge in [0.2, 0.25) is 0 Å². The second-order valence-corrected chi connectivity index (χ2v) is 5.66. The van der Waals surface area contributed by atoms with Gasteiger partial charge in [0.15, 0.2) is 0 Å². The lowest BCUT2D eigenvalue weighted by molar-refractivity contribution is 0.102. The average Bonchev–Trinajstić information content (AvgIpc) is 2.37. The number of anilines is 1. The molecule has 0 atom stereocenters. The minimum atomic E-state index is -0.401. The molecule has 0 aliphatic carbocycles. The largest absolute Gasteiger partial charge is 0.321 e. The van der Waals surface area contributed by atoms with Crippen LogP contribution in [0, 0.1) is 12.7 Å². The fourth-order valence-corrected chi connectivity index (χ4v) is 2.40. The zero-order chi connectivity index (χ0) is 14.0. The summed E-state index contributed by atoms with van der Waals surface area (Å²) < 4.78 is 14.5. The van der Waals surface area contributed by atoms with Crippen molar-refractivity contribution in [1.29, 1.82) is 0 Å². The summed E-state index contributed by atoms with van der Waals surface area (Å²) in [4.78, 5) is 12.2. The van der Waals surface area contributed by atoms with Crippen molar-refractivity contribution in [2.75, 3.05) is 5.32 Å². The minimum Gasteiger partial charge on any atom is -0.321 e. The predicted octanol–water partition coefficient (Wildman–Crippen LogP) is 4.91. The Morgan fingerprint density at radius 3 is 2.68 bits per heavy atom. The van der Waals surface area contributed by atoms with Crippen LogP contribution in [0.25, 0.3) is 0 Å². The Kier molecular flexibility index (Phi) is 4.37. The van der Waals surface area contributed by atoms with Crippen molar-refractivity contribution in [3.05, 3.63) is 62.3 Å². The van der Waals surface area contributed by atoms with Crippen molar-refractivity contribution >= 4 is 43.5 Å². The molecule has 1 amide bonds. The highest BCUT2D eigenvalue weighted by Crippen LogP contribution is 2.26. The molecule has 2 rings (SSSR count). The summed E-state index contributed by atoms with van der Waals surface area (Å²) >= 11 is 6.65. The topological polar surface area (TPSA) is 29.1 Å². The van der Waals surface area contributed by atoms with Gasteiger partial charge in [-0.15, -0.1) is 0 Å². The molecule has 19 heavy (non-hydrogen) atoms. The number of carbonyl (C=O) groups is 1. The predicted molar refractivity (Wildman–Crippen MR) is 80.9 cm³/mol. The molecule has 0 aromatic heterocycles. The standard InChI is InChI=1S/C14H10Br2FNO/c1-8-3-2-4-10(13(8)16)14(19)18-12-7-9(17)5-6-11(12)15/h2-7H,1H3,(H,18,19). The smallest absolute Gasteiger partial charge is 0.256 e. The molecule has 5 heteroatoms. The number of benzene rings is 2. The molecule has 0 aliphatic rings. The highest BCUT2D eigenvalue weighted by Gasteiger charge is 2.13. The molecule has 0 radical (unpaired) electrons. The van der Waals surface area contributed by atoms with Gasteiger partial charge in [-0.2, -0.15) is 0 Å². The van der Waals surface area contributed by atoms with E-state index in [0.29, 0.717) is 15.7 Å². The lowest BCUT2D eigenvalue weighted by atomic mass is 10.1. The van der Waals surface area contributed by atoms with Gasteiger partial charge in [-0.3, -0.25) is 4.79 Å². The van der Waals surface area contributed by atoms with Gasteiger partial charge < -0.3 is 5.32 Å². The van der Waals surface area contributed by atoms with E-state index in [9.17, 15) is 9.18 Å². The summed E-state index contributed by atoms with van der Waals surface area (Å²) in [6.45, 7) is 1.90. The number of carbonyl (C=O) groups excluding carboxylic acids is 1. The second kappa shape index (κ2) is 5.84. The molecule has 0 fully saturated rings. The zero-order valence-corrected chi connectivity index (χ0v) is 13.2. The molecular weight excluding hydrogens is 377 g/mol. The molecule has 0 heterocycles. The van der Waals surface area contributed by atoms with Crippen LogP contribution >= 0.6 is 31.9 Å². The summed E-state index contributed by atoms with van der Waals surface area (Å²) in [5, 5.41) is 2.68. The van der Waals surface area contributed by atoms with Crippen LogP contribution in [0.2, 0.25) is 0 Å². The third-order valence-corrected chi connectivity index (χ3v) is 4.36. The Bertz CT molecular complexity index is 643. The molecule has 0 saturated heterocycles. The van der Waals surface area contributed by atoms with Gasteiger partial charge in [0, 0.05) is 8.95 Å². The summed E-state index contributed by atoms with van der Waals surface area (Å²) in [7, 11) is 0. The van der Waals surface area contributed by atoms with Gasteiger partial charge in [0.05, 0.1) is 11.3 Å². The van der Waals surface area contributed by atoms with Crippen molar-refractivity contribution < 1.29 is 9.18 Å². The van der Waals surface area contributed by atoms with E-state index in [1.165, 1.54) is 12.1 Å². The molecule has 0 unspecified atom stereocenters. The fourth-order valence-electron chi connectivity index (χ4n) is 1.61. The van der Waals surface area contributed by atoms with Crippen LogP contribution in [0.15, 0.2) is 45.3 Å². The first-order valence-corrected chi connectivity index (χ1v) is 7.09. The van der Waals surface area contributed by atoms with E-state index in [1.807, 2.05) is 13.0 Å². The number of halogens is 3. The van der Waals surface area contributed by atoms with E-state index in [4.69, 9.17) is 0 Å². The van der Waals surface area contributed by atoms with Gasteiger partial charge >= 0.3 is 0 Å². The number of amides is 1. The molecular formula is C14H10Br2FNO. The Morgan fingerprint density at radius 2 is 1.95 bits per heavy atom. The summed E-state index contributed by atoms with van der Waals surface area (Å²) in [6, 6.07) is 9.55. The molecule has 0 bridgehead atoms. The maximum Gasteiger partial charge on any atom is 0.256 e. The number of aryl methyl sites for hydroxylation is 1. The van der Waals surface area contributed by atoms with E-state index >= 15 is 0 Å². The first kappa shape index (κ1) is 14.2. The summed E-state index contributed by atoms with van der Waals surface area (Å²) in [6.07, 6.45) is 0. The van der Waals surface area contributed by atoms with Crippen LogP contribution in [0.4, 0.5) is 10.1 Å². The number of hydrogen-bond acceptors (Lipinski definition) is 1. The van der Waals surface area contributed by atoms with Gasteiger partial charge in [-0.1, -0.05) is 12.1 Å². The third-order valence-electron chi connectivity index (χ3n) is 2.61. The molecule has 0 saturated carbocycles. The third kappa shape index (κ3) is 3.22. The van der Waals surface area contributed by atoms with Gasteiger partial charge in [-0.25, -0.2) is 4.39 Å². The highest BCUT2D eigenvalue weighted by molar-refractivity contribution is 9.11. The first-order valence-electron chi connectivity index (χ1n) is 5.50. The van der Waals surface area contributed by atoms with E-state index in [1.54, 1.807) is 18.2 Å². The SMILES string of the molecule is Cc1cccc(C(=O)Nc2cc(F)ccc2Br)c1Br. The summed E-state index contributed by atoms with van der Waals surface area (Å²) in [5.74, 6) is -0.691. The van der Waals surface area contributed by atoms with Crippen LogP contribution in [0.5, 0.6) is 0 Å².